The fourth-order valence-electron chi connectivity index (χ4n) is 8.35. The molecule has 0 aliphatic carbocycles. The smallest absolute Gasteiger partial charge is 0.335 e. The molecule has 0 fully saturated rings. The van der Waals surface area contributed by atoms with Gasteiger partial charge in [-0.25, -0.2) is 9.59 Å². The summed E-state index contributed by atoms with van der Waals surface area (Å²) in [5.74, 6) is -7.76. The van der Waals surface area contributed by atoms with Crippen LogP contribution in [-0.4, -0.2) is 191 Å². The number of nitrogens with one attached hydrogen (secondary N) is 2. The number of phenols is 18. The van der Waals surface area contributed by atoms with E-state index in [1.54, 1.807) is 43.4 Å². The van der Waals surface area contributed by atoms with Crippen molar-refractivity contribution in [2.24, 2.45) is 22.9 Å². The number of nitrogens with two attached hydrogens (primary N) is 4. The van der Waals surface area contributed by atoms with E-state index in [0.717, 1.165) is 46.7 Å². The molecule has 0 spiro atoms. The van der Waals surface area contributed by atoms with Crippen LogP contribution in [0.3, 0.4) is 0 Å². The second-order valence-corrected chi connectivity index (χ2v) is 22.5. The summed E-state index contributed by atoms with van der Waals surface area (Å²) in [5.41, 5.74) is 26.8. The molecule has 0 aliphatic heterocycles. The van der Waals surface area contributed by atoms with Crippen molar-refractivity contribution in [1.29, 1.82) is 0 Å². The van der Waals surface area contributed by atoms with Gasteiger partial charge in [-0.2, -0.15) is 0 Å². The van der Waals surface area contributed by atoms with Crippen LogP contribution in [0.15, 0.2) is 176 Å². The van der Waals surface area contributed by atoms with Crippen LogP contribution in [0.4, 0.5) is 0 Å². The number of fused-ring (bicyclic) bond motifs is 1. The molecule has 34 N–H and O–H groups in total. The van der Waals surface area contributed by atoms with Gasteiger partial charge in [-0.15, -0.1) is 0 Å². The van der Waals surface area contributed by atoms with Crippen molar-refractivity contribution in [1.82, 2.24) is 10.3 Å². The predicted octanol–water partition coefficient (Wildman–Crippen LogP) is 6.38. The summed E-state index contributed by atoms with van der Waals surface area (Å²) in [6.07, 6.45) is 4.60. The van der Waals surface area contributed by atoms with Crippen molar-refractivity contribution >= 4 is 40.9 Å². The number of aliphatic carboxylic acids is 3. The van der Waals surface area contributed by atoms with E-state index < -0.39 is 47.9 Å². The van der Waals surface area contributed by atoms with Crippen LogP contribution in [0, 0.1) is 0 Å². The minimum atomic E-state index is -1.14. The van der Waals surface area contributed by atoms with Crippen molar-refractivity contribution in [3.05, 3.63) is 221 Å². The number of aryl methyl sites for hydroxylation is 1. The van der Waals surface area contributed by atoms with Gasteiger partial charge in [0.2, 0.25) is 0 Å². The van der Waals surface area contributed by atoms with Crippen LogP contribution in [0.5, 0.6) is 103 Å². The Morgan fingerprint density at radius 2 is 0.826 bits per heavy atom. The fraction of sp³-hybridized carbons (Fsp3) is 0.173. The molecule has 3 atom stereocenters. The largest absolute Gasteiger partial charge is 0.504 e. The summed E-state index contributed by atoms with van der Waals surface area (Å²) >= 11 is 0. The number of phenolic OH excluding ortho intramolecular Hbond substituents is 18. The highest BCUT2D eigenvalue weighted by Crippen LogP contribution is 2.34. The van der Waals surface area contributed by atoms with E-state index in [1.807, 2.05) is 6.20 Å². The Kier molecular flexibility index (Phi) is 39.3. The van der Waals surface area contributed by atoms with Gasteiger partial charge in [0.25, 0.3) is 0 Å². The van der Waals surface area contributed by atoms with E-state index in [0.29, 0.717) is 60.3 Å². The number of aromatic hydroxyl groups is 18. The van der Waals surface area contributed by atoms with Gasteiger partial charge in [-0.3, -0.25) is 9.59 Å². The Labute approximate surface area is 621 Å². The summed E-state index contributed by atoms with van der Waals surface area (Å²) in [6, 6.07) is 37.0. The number of carboxylic acids is 4. The third-order valence-electron chi connectivity index (χ3n) is 14.1. The molecule has 586 valence electrons. The zero-order chi connectivity index (χ0) is 82.2. The fourth-order valence-corrected chi connectivity index (χ4v) is 8.35. The average Bonchev–Trinajstić information content (AvgIpc) is 1.67. The molecule has 3 unspecified atom stereocenters. The number of aromatic carboxylic acids is 1. The third-order valence-corrected chi connectivity index (χ3v) is 14.1. The molecule has 109 heavy (non-hydrogen) atoms. The quantitative estimate of drug-likeness (QED) is 0.0327. The van der Waals surface area contributed by atoms with E-state index >= 15 is 0 Å². The Bertz CT molecular complexity index is 4550. The lowest BCUT2D eigenvalue weighted by atomic mass is 10.1. The number of hydrogen-bond acceptors (Lipinski definition) is 29. The first-order chi connectivity index (χ1) is 51.4. The molecule has 0 radical (unpaired) electrons. The second-order valence-electron chi connectivity index (χ2n) is 22.5. The van der Waals surface area contributed by atoms with Crippen LogP contribution in [-0.2, 0) is 40.1 Å². The molecule has 0 saturated carbocycles. The lowest BCUT2D eigenvalue weighted by molar-refractivity contribution is -0.139. The number of carbonyl (C=O) groups is 4. The second kappa shape index (κ2) is 46.9. The highest BCUT2D eigenvalue weighted by atomic mass is 16.4. The van der Waals surface area contributed by atoms with Gasteiger partial charge >= 0.3 is 23.9 Å². The minimum Gasteiger partial charge on any atom is -0.504 e. The molecule has 0 saturated heterocycles. The SMILES string of the molecule is CNCC(O)c1ccc(O)c(O)c1.NC(Cc1ccc(O)c(O)c1)C(=O)O.NCC(O)c1ccc(O)c(O)c1.NCCc1c[nH]c2cc(O)c(O)cc12.NCCc1ccc(O)c(O)c1.O=C(O)/C=C/c1ccc(O)c(O)c1.O=C(O)CCc1ccc(O)c(O)c1.O=C(O)c1ccc(O)c(O)c1.Oc1ccccc1O. The molecule has 34 nitrogen and oxygen atoms in total. The number of carboxylic acid groups (broad SMARTS) is 4. The molecule has 0 bridgehead atoms. The number of aliphatic hydroxyl groups excluding tert-OH is 2. The van der Waals surface area contributed by atoms with Gasteiger partial charge < -0.3 is 156 Å². The summed E-state index contributed by atoms with van der Waals surface area (Å²) < 4.78 is 0. The molecular formula is C75H88N6O28. The van der Waals surface area contributed by atoms with Crippen LogP contribution >= 0.6 is 0 Å². The first-order valence-corrected chi connectivity index (χ1v) is 31.9. The number of para-hydroxylation sites is 2. The first kappa shape index (κ1) is 91.3. The third kappa shape index (κ3) is 33.7. The van der Waals surface area contributed by atoms with E-state index in [9.17, 15) is 39.6 Å². The summed E-state index contributed by atoms with van der Waals surface area (Å²) in [7, 11) is 1.73. The first-order valence-electron chi connectivity index (χ1n) is 31.9. The Morgan fingerprint density at radius 3 is 1.23 bits per heavy atom. The maximum absolute atomic E-state index is 10.4. The zero-order valence-electron chi connectivity index (χ0n) is 58.1. The Morgan fingerprint density at radius 1 is 0.431 bits per heavy atom. The lowest BCUT2D eigenvalue weighted by Gasteiger charge is -2.10. The summed E-state index contributed by atoms with van der Waals surface area (Å²) in [6.45, 7) is 1.60. The van der Waals surface area contributed by atoms with E-state index in [4.69, 9.17) is 125 Å². The number of hydrogen-bond donors (Lipinski definition) is 30. The van der Waals surface area contributed by atoms with Gasteiger partial charge in [0, 0.05) is 48.8 Å². The van der Waals surface area contributed by atoms with Crippen molar-refractivity contribution in [3.63, 3.8) is 0 Å². The highest BCUT2D eigenvalue weighted by Gasteiger charge is 2.15. The number of benzene rings is 9. The van der Waals surface area contributed by atoms with Gasteiger partial charge in [0.05, 0.1) is 17.8 Å². The van der Waals surface area contributed by atoms with Gasteiger partial charge in [-0.05, 0) is 200 Å². The monoisotopic (exact) mass is 1520 g/mol. The Hall–Kier alpha value is -13.7. The van der Waals surface area contributed by atoms with Crippen molar-refractivity contribution in [3.8, 4) is 103 Å². The lowest BCUT2D eigenvalue weighted by Crippen LogP contribution is -2.32. The number of aromatic amines is 1. The van der Waals surface area contributed by atoms with Crippen molar-refractivity contribution in [2.45, 2.75) is 50.4 Å². The number of H-pyrrole nitrogens is 1. The molecule has 10 rings (SSSR count). The molecule has 34 heteroatoms. The van der Waals surface area contributed by atoms with E-state index in [1.165, 1.54) is 121 Å². The maximum atomic E-state index is 10.4. The van der Waals surface area contributed by atoms with Crippen LogP contribution in [0.2, 0.25) is 0 Å². The van der Waals surface area contributed by atoms with Crippen LogP contribution < -0.4 is 28.3 Å². The Balaban J connectivity index is 0.000000418. The number of aromatic nitrogens is 1. The molecule has 10 aromatic rings. The minimum absolute atomic E-state index is 0.0181. The van der Waals surface area contributed by atoms with E-state index in [2.05, 4.69) is 10.3 Å². The predicted molar refractivity (Wildman–Crippen MR) is 397 cm³/mol. The molecule has 1 heterocycles. The topological polar surface area (TPSA) is 686 Å². The number of rotatable bonds is 18. The van der Waals surface area contributed by atoms with Gasteiger partial charge in [-0.1, -0.05) is 48.5 Å². The molecular weight excluding hydrogens is 1430 g/mol. The van der Waals surface area contributed by atoms with Crippen LogP contribution in [0.25, 0.3) is 17.0 Å². The molecule has 0 aliphatic rings. The standard InChI is InChI=1S/C10H12N2O2.C9H11NO4.C9H13NO3.C9H10O4.C9H8O4.C8H11NO3.C8H11NO2.C7H6O4.C6H6O2/c11-2-1-6-5-12-8-4-10(14)9(13)3-7(6)8;10-6(9(13)14)3-5-1-2-7(11)8(12)4-5;1-10-5-9(13)6-2-3-7(11)8(12)4-6;2*10-7-3-1-6(5-8(7)11)2-4-9(12)13;9-4-8(12)5-1-2-6(10)7(11)3-5;9-4-3-6-1-2-7(10)8(11)5-6;8-5-2-1-4(7(10)11)3-6(5)9;7-5-3-1-2-4-6(5)8/h3-5,12-14H,1-2,11H2;1-2,4,6,11-12H,3,10H2,(H,13,14);2-4,9-13H,5H2,1H3;1,3,5,10-11H,2,4H2,(H,12,13);1-5,10-11H,(H,12,13);1-3,8,10-12H,4,9H2;1-2,5,10-11H,3-4,9H2;1-3,8-9H,(H,10,11);1-4,7-8H/b;;;;4-2+;;;;. The van der Waals surface area contributed by atoms with E-state index in [-0.39, 0.29) is 123 Å². The summed E-state index contributed by atoms with van der Waals surface area (Å²) in [5, 5.41) is 218. The van der Waals surface area contributed by atoms with Crippen LogP contribution in [0.1, 0.15) is 67.9 Å². The zero-order valence-corrected chi connectivity index (χ0v) is 58.1. The average molecular weight is 1520 g/mol. The van der Waals surface area contributed by atoms with Crippen molar-refractivity contribution < 1.29 is 142 Å². The number of aliphatic hydroxyl groups is 2. The molecule has 9 aromatic carbocycles. The van der Waals surface area contributed by atoms with Gasteiger partial charge in [0.15, 0.2) is 103 Å². The molecule has 0 amide bonds. The van der Waals surface area contributed by atoms with Gasteiger partial charge in [0.1, 0.15) is 6.04 Å². The maximum Gasteiger partial charge on any atom is 0.335 e. The molecule has 1 aromatic heterocycles. The normalized spacial score (nSPS) is 11.0. The summed E-state index contributed by atoms with van der Waals surface area (Å²) in [4.78, 5) is 44.0. The number of likely N-dealkylation sites (N-methyl/N-ethyl adjacent to an activating group) is 1. The van der Waals surface area contributed by atoms with Crippen molar-refractivity contribution in [2.75, 3.05) is 33.2 Å². The highest BCUT2D eigenvalue weighted by molar-refractivity contribution is 5.88.